The van der Waals surface area contributed by atoms with Gasteiger partial charge in [-0.1, -0.05) is 35.3 Å². The molecule has 0 bridgehead atoms. The number of nitrogens with zero attached hydrogens (tertiary/aromatic N) is 3. The minimum Gasteiger partial charge on any atom is -0.378 e. The van der Waals surface area contributed by atoms with E-state index in [1.807, 2.05) is 0 Å². The van der Waals surface area contributed by atoms with Crippen LogP contribution in [0, 0.1) is 17.0 Å². The van der Waals surface area contributed by atoms with E-state index < -0.39 is 4.92 Å². The van der Waals surface area contributed by atoms with Gasteiger partial charge in [-0.3, -0.25) is 10.1 Å². The largest absolute Gasteiger partial charge is 0.378 e. The van der Waals surface area contributed by atoms with Crippen molar-refractivity contribution in [2.24, 2.45) is 0 Å². The first-order valence-corrected chi connectivity index (χ1v) is 6.40. The number of hydrogen-bond donors (Lipinski definition) is 1. The van der Waals surface area contributed by atoms with E-state index >= 15 is 0 Å². The van der Waals surface area contributed by atoms with Crippen molar-refractivity contribution in [2.75, 3.05) is 5.32 Å². The average molecular weight is 313 g/mol. The maximum Gasteiger partial charge on any atom is 0.272 e. The normalized spacial score (nSPS) is 10.3. The van der Waals surface area contributed by atoms with Crippen LogP contribution < -0.4 is 5.32 Å². The molecule has 1 N–H and O–H groups in total. The number of benzene rings is 1. The fourth-order valence-corrected chi connectivity index (χ4v) is 2.03. The molecule has 0 unspecified atom stereocenters. The number of anilines is 1. The van der Waals surface area contributed by atoms with Crippen LogP contribution in [0.3, 0.4) is 0 Å². The zero-order valence-electron chi connectivity index (χ0n) is 10.4. The van der Waals surface area contributed by atoms with E-state index in [1.165, 1.54) is 6.07 Å². The van der Waals surface area contributed by atoms with Crippen LogP contribution in [-0.2, 0) is 6.54 Å². The summed E-state index contributed by atoms with van der Waals surface area (Å²) in [6.45, 7) is 2.07. The lowest BCUT2D eigenvalue weighted by molar-refractivity contribution is -0.385. The molecule has 104 valence electrons. The van der Waals surface area contributed by atoms with Gasteiger partial charge in [-0.05, 0) is 12.5 Å². The maximum atomic E-state index is 10.9. The average Bonchev–Trinajstić information content (AvgIpc) is 2.41. The predicted molar refractivity (Wildman–Crippen MR) is 77.2 cm³/mol. The molecule has 0 aliphatic rings. The van der Waals surface area contributed by atoms with Crippen LogP contribution in [0.15, 0.2) is 24.3 Å². The van der Waals surface area contributed by atoms with Crippen molar-refractivity contribution in [1.29, 1.82) is 0 Å². The third kappa shape index (κ3) is 3.15. The molecule has 2 rings (SSSR count). The molecular weight excluding hydrogens is 303 g/mol. The van der Waals surface area contributed by atoms with Gasteiger partial charge in [0.1, 0.15) is 0 Å². The summed E-state index contributed by atoms with van der Waals surface area (Å²) in [5.41, 5.74) is 2.01. The summed E-state index contributed by atoms with van der Waals surface area (Å²) in [7, 11) is 0. The maximum absolute atomic E-state index is 10.9. The fraction of sp³-hybridized carbons (Fsp3) is 0.167. The van der Waals surface area contributed by atoms with E-state index in [2.05, 4.69) is 15.5 Å². The van der Waals surface area contributed by atoms with Gasteiger partial charge in [-0.15, -0.1) is 10.2 Å². The van der Waals surface area contributed by atoms with Crippen LogP contribution in [0.2, 0.25) is 10.3 Å². The van der Waals surface area contributed by atoms with Crippen LogP contribution >= 0.6 is 23.2 Å². The zero-order chi connectivity index (χ0) is 14.7. The van der Waals surface area contributed by atoms with Gasteiger partial charge >= 0.3 is 0 Å². The van der Waals surface area contributed by atoms with Crippen LogP contribution in [0.1, 0.15) is 11.1 Å². The molecule has 0 saturated carbocycles. The Morgan fingerprint density at radius 1 is 1.35 bits per heavy atom. The summed E-state index contributed by atoms with van der Waals surface area (Å²) in [6, 6.07) is 6.46. The van der Waals surface area contributed by atoms with Crippen molar-refractivity contribution in [1.82, 2.24) is 10.2 Å². The number of nitro benzene ring substituents is 1. The fourth-order valence-electron chi connectivity index (χ4n) is 1.73. The second-order valence-electron chi connectivity index (χ2n) is 4.04. The van der Waals surface area contributed by atoms with Gasteiger partial charge in [0.05, 0.1) is 10.6 Å². The van der Waals surface area contributed by atoms with Gasteiger partial charge in [0, 0.05) is 24.2 Å². The second-order valence-corrected chi connectivity index (χ2v) is 4.79. The highest BCUT2D eigenvalue weighted by atomic mass is 35.5. The molecule has 1 aromatic carbocycles. The van der Waals surface area contributed by atoms with E-state index in [1.54, 1.807) is 25.1 Å². The summed E-state index contributed by atoms with van der Waals surface area (Å²) in [6.07, 6.45) is 0. The number of hydrogen-bond acceptors (Lipinski definition) is 5. The first kappa shape index (κ1) is 14.5. The Hall–Kier alpha value is -1.92. The molecular formula is C12H10Cl2N4O2. The topological polar surface area (TPSA) is 81.0 Å². The minimum atomic E-state index is -0.406. The van der Waals surface area contributed by atoms with Crippen molar-refractivity contribution >= 4 is 34.6 Å². The monoisotopic (exact) mass is 312 g/mol. The summed E-state index contributed by atoms with van der Waals surface area (Å²) in [4.78, 5) is 10.5. The molecule has 0 aliphatic heterocycles. The minimum absolute atomic E-state index is 0.0845. The SMILES string of the molecule is Cc1c(CNc2cc(Cl)nnc2Cl)cccc1[N+](=O)[O-]. The molecule has 1 aromatic heterocycles. The summed E-state index contributed by atoms with van der Waals surface area (Å²) in [5.74, 6) is 0. The highest BCUT2D eigenvalue weighted by molar-refractivity contribution is 6.33. The molecule has 0 aliphatic carbocycles. The third-order valence-electron chi connectivity index (χ3n) is 2.80. The Kier molecular flexibility index (Phi) is 4.36. The number of rotatable bonds is 4. The highest BCUT2D eigenvalue weighted by Gasteiger charge is 2.13. The van der Waals surface area contributed by atoms with Crippen molar-refractivity contribution in [2.45, 2.75) is 13.5 Å². The molecule has 0 radical (unpaired) electrons. The zero-order valence-corrected chi connectivity index (χ0v) is 11.9. The van der Waals surface area contributed by atoms with Crippen LogP contribution in [0.25, 0.3) is 0 Å². The Morgan fingerprint density at radius 3 is 2.80 bits per heavy atom. The molecule has 8 heteroatoms. The smallest absolute Gasteiger partial charge is 0.272 e. The lowest BCUT2D eigenvalue weighted by Crippen LogP contribution is -2.04. The third-order valence-corrected chi connectivity index (χ3v) is 3.27. The van der Waals surface area contributed by atoms with E-state index in [0.29, 0.717) is 17.8 Å². The van der Waals surface area contributed by atoms with Crippen molar-refractivity contribution in [3.05, 3.63) is 55.8 Å². The first-order valence-electron chi connectivity index (χ1n) is 5.64. The number of halogens is 2. The Labute approximate surface area is 124 Å². The lowest BCUT2D eigenvalue weighted by atomic mass is 10.1. The molecule has 0 spiro atoms. The van der Waals surface area contributed by atoms with Gasteiger partial charge in [-0.25, -0.2) is 0 Å². The molecule has 6 nitrogen and oxygen atoms in total. The summed E-state index contributed by atoms with van der Waals surface area (Å²) < 4.78 is 0. The highest BCUT2D eigenvalue weighted by Crippen LogP contribution is 2.24. The van der Waals surface area contributed by atoms with E-state index in [-0.39, 0.29) is 16.0 Å². The predicted octanol–water partition coefficient (Wildman–Crippen LogP) is 3.61. The lowest BCUT2D eigenvalue weighted by Gasteiger charge is -2.10. The quantitative estimate of drug-likeness (QED) is 0.689. The van der Waals surface area contributed by atoms with Crippen LogP contribution in [-0.4, -0.2) is 15.1 Å². The molecule has 0 atom stereocenters. The van der Waals surface area contributed by atoms with Crippen molar-refractivity contribution < 1.29 is 4.92 Å². The standard InChI is InChI=1S/C12H10Cl2N4O2/c1-7-8(3-2-4-10(7)18(19)20)6-15-9-5-11(13)16-17-12(9)14/h2-5H,6H2,1H3,(H,15,16). The molecule has 2 aromatic rings. The molecule has 1 heterocycles. The number of nitrogens with one attached hydrogen (secondary N) is 1. The Morgan fingerprint density at radius 2 is 2.10 bits per heavy atom. The van der Waals surface area contributed by atoms with E-state index in [9.17, 15) is 10.1 Å². The first-order chi connectivity index (χ1) is 9.49. The summed E-state index contributed by atoms with van der Waals surface area (Å²) >= 11 is 11.6. The van der Waals surface area contributed by atoms with E-state index in [4.69, 9.17) is 23.2 Å². The van der Waals surface area contributed by atoms with Gasteiger partial charge < -0.3 is 5.32 Å². The summed E-state index contributed by atoms with van der Waals surface area (Å²) in [5, 5.41) is 21.6. The molecule has 0 fully saturated rings. The molecule has 0 amide bonds. The molecule has 0 saturated heterocycles. The van der Waals surface area contributed by atoms with Crippen molar-refractivity contribution in [3.63, 3.8) is 0 Å². The van der Waals surface area contributed by atoms with E-state index in [0.717, 1.165) is 5.56 Å². The van der Waals surface area contributed by atoms with Gasteiger partial charge in [-0.2, -0.15) is 0 Å². The Balaban J connectivity index is 2.21. The Bertz CT molecular complexity index is 664. The number of aromatic nitrogens is 2. The second kappa shape index (κ2) is 6.02. The van der Waals surface area contributed by atoms with Gasteiger partial charge in [0.15, 0.2) is 10.3 Å². The number of nitro groups is 1. The van der Waals surface area contributed by atoms with Gasteiger partial charge in [0.2, 0.25) is 0 Å². The molecule has 20 heavy (non-hydrogen) atoms. The van der Waals surface area contributed by atoms with Crippen LogP contribution in [0.4, 0.5) is 11.4 Å². The van der Waals surface area contributed by atoms with Crippen molar-refractivity contribution in [3.8, 4) is 0 Å². The van der Waals surface area contributed by atoms with Gasteiger partial charge in [0.25, 0.3) is 5.69 Å². The van der Waals surface area contributed by atoms with Crippen LogP contribution in [0.5, 0.6) is 0 Å².